The van der Waals surface area contributed by atoms with Crippen molar-refractivity contribution in [3.05, 3.63) is 228 Å². The molecular formula is C52H42N2. The highest BCUT2D eigenvalue weighted by Gasteiger charge is 2.48. The molecule has 7 aromatic carbocycles. The summed E-state index contributed by atoms with van der Waals surface area (Å²) in [6.45, 7) is 11.5. The molecule has 0 saturated carbocycles. The minimum absolute atomic E-state index is 0.607. The molecule has 1 aliphatic carbocycles. The zero-order chi connectivity index (χ0) is 36.8. The zero-order valence-electron chi connectivity index (χ0n) is 31.0. The van der Waals surface area contributed by atoms with Crippen LogP contribution in [0.4, 0.5) is 28.4 Å². The molecule has 1 N–H and O–H groups in total. The molecule has 0 amide bonds. The number of anilines is 5. The quantitative estimate of drug-likeness (QED) is 0.197. The number of hydrogen-bond donors (Lipinski definition) is 1. The fraction of sp³-hybridized carbons (Fsp3) is 0.0769. The first kappa shape index (κ1) is 33.2. The second-order valence-corrected chi connectivity index (χ2v) is 14.5. The molecular weight excluding hydrogens is 653 g/mol. The molecule has 1 unspecified atom stereocenters. The zero-order valence-corrected chi connectivity index (χ0v) is 31.0. The van der Waals surface area contributed by atoms with Gasteiger partial charge in [-0.15, -0.1) is 0 Å². The topological polar surface area (TPSA) is 15.3 Å². The van der Waals surface area contributed by atoms with Gasteiger partial charge in [0.05, 0.1) is 5.41 Å². The van der Waals surface area contributed by atoms with Crippen molar-refractivity contribution in [1.29, 1.82) is 0 Å². The van der Waals surface area contributed by atoms with Crippen molar-refractivity contribution in [2.75, 3.05) is 10.2 Å². The van der Waals surface area contributed by atoms with Crippen LogP contribution in [0, 0.1) is 13.8 Å². The van der Waals surface area contributed by atoms with Crippen molar-refractivity contribution in [1.82, 2.24) is 0 Å². The first-order valence-corrected chi connectivity index (χ1v) is 18.7. The van der Waals surface area contributed by atoms with Crippen LogP contribution in [0.25, 0.3) is 27.8 Å². The molecule has 0 radical (unpaired) electrons. The van der Waals surface area contributed by atoms with Crippen LogP contribution >= 0.6 is 0 Å². The Hall–Kier alpha value is -6.64. The smallest absolute Gasteiger partial charge is 0.0728 e. The van der Waals surface area contributed by atoms with Crippen molar-refractivity contribution in [3.8, 4) is 22.3 Å². The van der Waals surface area contributed by atoms with Crippen LogP contribution in [0.5, 0.6) is 0 Å². The van der Waals surface area contributed by atoms with Gasteiger partial charge in [-0.2, -0.15) is 0 Å². The highest BCUT2D eigenvalue weighted by atomic mass is 15.1. The number of aryl methyl sites for hydroxylation is 2. The van der Waals surface area contributed by atoms with Crippen LogP contribution in [-0.2, 0) is 5.41 Å². The van der Waals surface area contributed by atoms with E-state index in [0.29, 0.717) is 0 Å². The molecule has 54 heavy (non-hydrogen) atoms. The third-order valence-electron chi connectivity index (χ3n) is 11.3. The summed E-state index contributed by atoms with van der Waals surface area (Å²) in [6, 6.07) is 59.3. The lowest BCUT2D eigenvalue weighted by molar-refractivity contribution is 0.772. The molecule has 9 rings (SSSR count). The maximum Gasteiger partial charge on any atom is 0.0728 e. The average molecular weight is 695 g/mol. The van der Waals surface area contributed by atoms with Gasteiger partial charge < -0.3 is 10.2 Å². The fourth-order valence-electron chi connectivity index (χ4n) is 8.69. The number of rotatable bonds is 4. The average Bonchev–Trinajstić information content (AvgIpc) is 3.50. The first-order valence-electron chi connectivity index (χ1n) is 18.7. The van der Waals surface area contributed by atoms with E-state index in [1.54, 1.807) is 0 Å². The molecule has 260 valence electrons. The van der Waals surface area contributed by atoms with E-state index < -0.39 is 5.41 Å². The van der Waals surface area contributed by atoms with Crippen LogP contribution in [0.15, 0.2) is 194 Å². The summed E-state index contributed by atoms with van der Waals surface area (Å²) >= 11 is 0. The molecule has 0 fully saturated rings. The van der Waals surface area contributed by atoms with Gasteiger partial charge in [0, 0.05) is 34.0 Å². The largest absolute Gasteiger partial charge is 0.355 e. The molecule has 2 heteroatoms. The van der Waals surface area contributed by atoms with Gasteiger partial charge in [0.1, 0.15) is 0 Å². The second kappa shape index (κ2) is 13.4. The molecule has 0 bridgehead atoms. The second-order valence-electron chi connectivity index (χ2n) is 14.5. The lowest BCUT2D eigenvalue weighted by Gasteiger charge is -2.36. The van der Waals surface area contributed by atoms with Gasteiger partial charge in [0.15, 0.2) is 0 Å². The molecule has 1 atom stereocenters. The Kier molecular flexibility index (Phi) is 8.24. The van der Waals surface area contributed by atoms with E-state index in [0.717, 1.165) is 28.3 Å². The van der Waals surface area contributed by atoms with E-state index in [1.165, 1.54) is 66.9 Å². The van der Waals surface area contributed by atoms with Gasteiger partial charge in [0.25, 0.3) is 0 Å². The maximum absolute atomic E-state index is 4.87. The summed E-state index contributed by atoms with van der Waals surface area (Å²) in [7, 11) is 0. The molecule has 0 saturated heterocycles. The maximum atomic E-state index is 4.87. The fourth-order valence-corrected chi connectivity index (χ4v) is 8.69. The molecule has 2 nitrogen and oxygen atoms in total. The molecule has 1 spiro atoms. The monoisotopic (exact) mass is 694 g/mol. The number of nitrogens with zero attached hydrogens (tertiary/aromatic N) is 1. The van der Waals surface area contributed by atoms with Crippen molar-refractivity contribution in [2.24, 2.45) is 0 Å². The number of hydrogen-bond acceptors (Lipinski definition) is 2. The number of allylic oxidation sites excluding steroid dienone is 5. The first-order chi connectivity index (χ1) is 26.4. The van der Waals surface area contributed by atoms with E-state index in [1.807, 2.05) is 0 Å². The van der Waals surface area contributed by atoms with Gasteiger partial charge in [-0.25, -0.2) is 0 Å². The van der Waals surface area contributed by atoms with Gasteiger partial charge in [-0.05, 0) is 131 Å². The highest BCUT2D eigenvalue weighted by molar-refractivity contribution is 5.93. The molecule has 7 aromatic rings. The van der Waals surface area contributed by atoms with Crippen LogP contribution in [-0.4, -0.2) is 0 Å². The van der Waals surface area contributed by atoms with E-state index in [2.05, 4.69) is 213 Å². The normalized spacial score (nSPS) is 17.2. The van der Waals surface area contributed by atoms with Gasteiger partial charge >= 0.3 is 0 Å². The Morgan fingerprint density at radius 1 is 0.519 bits per heavy atom. The highest BCUT2D eigenvalue weighted by Crippen LogP contribution is 2.59. The number of nitrogens with one attached hydrogen (secondary N) is 1. The minimum Gasteiger partial charge on any atom is -0.355 e. The number of para-hydroxylation sites is 4. The predicted molar refractivity (Wildman–Crippen MR) is 229 cm³/mol. The van der Waals surface area contributed by atoms with E-state index in [4.69, 9.17) is 6.58 Å². The summed E-state index contributed by atoms with van der Waals surface area (Å²) in [5.41, 5.74) is 19.5. The van der Waals surface area contributed by atoms with Gasteiger partial charge in [-0.1, -0.05) is 140 Å². The molecule has 2 aliphatic rings. The van der Waals surface area contributed by atoms with Crippen LogP contribution < -0.4 is 10.2 Å². The number of fused-ring (bicyclic) bond motifs is 8. The van der Waals surface area contributed by atoms with Crippen LogP contribution in [0.1, 0.15) is 40.3 Å². The third kappa shape index (κ3) is 5.33. The predicted octanol–water partition coefficient (Wildman–Crippen LogP) is 14.0. The van der Waals surface area contributed by atoms with Gasteiger partial charge in [-0.3, -0.25) is 0 Å². The summed E-state index contributed by atoms with van der Waals surface area (Å²) in [5.74, 6) is 0. The minimum atomic E-state index is -0.607. The van der Waals surface area contributed by atoms with Crippen molar-refractivity contribution < 1.29 is 0 Å². The summed E-state index contributed by atoms with van der Waals surface area (Å²) in [5, 5.41) is 3.88. The Bertz CT molecular complexity index is 2630. The van der Waals surface area contributed by atoms with Crippen LogP contribution in [0.3, 0.4) is 0 Å². The van der Waals surface area contributed by atoms with Crippen molar-refractivity contribution >= 4 is 34.0 Å². The van der Waals surface area contributed by atoms with Crippen molar-refractivity contribution in [3.63, 3.8) is 0 Å². The Labute approximate surface area is 319 Å². The van der Waals surface area contributed by atoms with Crippen LogP contribution in [0.2, 0.25) is 0 Å². The summed E-state index contributed by atoms with van der Waals surface area (Å²) < 4.78 is 0. The molecule has 1 aliphatic heterocycles. The van der Waals surface area contributed by atoms with Gasteiger partial charge in [0.2, 0.25) is 0 Å². The van der Waals surface area contributed by atoms with Crippen molar-refractivity contribution in [2.45, 2.75) is 26.2 Å². The Balaban J connectivity index is 1.21. The summed E-state index contributed by atoms with van der Waals surface area (Å²) in [4.78, 5) is 2.34. The van der Waals surface area contributed by atoms with E-state index in [9.17, 15) is 0 Å². The van der Waals surface area contributed by atoms with E-state index in [-0.39, 0.29) is 0 Å². The third-order valence-corrected chi connectivity index (χ3v) is 11.3. The molecule has 1 heterocycles. The standard InChI is InChI=1S/C52H42N2/c1-35-17-14-19-38(4)52(46-23-10-12-26-49(46)53-48-25-11-9-22-43(35)48)45-33-30-40(34-44(45)51-37(3)18-15-24-47(51)52)39-28-31-42(32-29-39)54(41-20-6-5-7-21-41)50-27-13-8-16-36(50)2/h5-34,53H,4H2,1-3H3/b19-14-,35-17+. The summed E-state index contributed by atoms with van der Waals surface area (Å²) in [6.07, 6.45) is 6.59. The Morgan fingerprint density at radius 2 is 1.17 bits per heavy atom. The lowest BCUT2D eigenvalue weighted by atomic mass is 9.66. The van der Waals surface area contributed by atoms with E-state index >= 15 is 0 Å². The lowest BCUT2D eigenvalue weighted by Crippen LogP contribution is -2.29. The Morgan fingerprint density at radius 3 is 1.98 bits per heavy atom. The number of benzene rings is 7. The molecule has 0 aromatic heterocycles. The SMILES string of the molecule is C=C1/C=C\C=C(/C)c2ccccc2Nc2ccccc2C12c1ccc(-c3ccc(N(c4ccccc4)c4ccccc4C)cc3)cc1-c1c(C)cccc12.